The Morgan fingerprint density at radius 1 is 1.38 bits per heavy atom. The topological polar surface area (TPSA) is 18.5 Å². The predicted octanol–water partition coefficient (Wildman–Crippen LogP) is 1.40. The van der Waals surface area contributed by atoms with Crippen LogP contribution in [-0.2, 0) is 0 Å². The van der Waals surface area contributed by atoms with Crippen molar-refractivity contribution in [2.45, 2.75) is 51.7 Å². The van der Waals surface area contributed by atoms with Crippen molar-refractivity contribution < 1.29 is 0 Å². The molecule has 16 heavy (non-hydrogen) atoms. The van der Waals surface area contributed by atoms with Crippen molar-refractivity contribution >= 4 is 0 Å². The van der Waals surface area contributed by atoms with Crippen LogP contribution < -0.4 is 5.32 Å². The predicted molar refractivity (Wildman–Crippen MR) is 70.9 cm³/mol. The molecule has 0 aromatic carbocycles. The first-order valence-electron chi connectivity index (χ1n) is 6.50. The Balaban J connectivity index is 2.76. The molecule has 0 amide bonds. The highest BCUT2D eigenvalue weighted by Gasteiger charge is 2.39. The van der Waals surface area contributed by atoms with Crippen molar-refractivity contribution in [3.8, 4) is 0 Å². The summed E-state index contributed by atoms with van der Waals surface area (Å²) in [4.78, 5) is 5.17. The molecule has 1 aliphatic rings. The van der Waals surface area contributed by atoms with Gasteiger partial charge in [-0.2, -0.15) is 0 Å². The molecule has 1 aliphatic heterocycles. The Kier molecular flexibility index (Phi) is 4.77. The molecule has 1 heterocycles. The van der Waals surface area contributed by atoms with E-state index in [-0.39, 0.29) is 0 Å². The fourth-order valence-electron chi connectivity index (χ4n) is 3.41. The lowest BCUT2D eigenvalue weighted by Crippen LogP contribution is -2.65. The minimum atomic E-state index is 0.291. The normalized spacial score (nSPS) is 27.6. The van der Waals surface area contributed by atoms with Gasteiger partial charge in [-0.3, -0.25) is 4.90 Å². The number of likely N-dealkylation sites (N-methyl/N-ethyl adjacent to an activating group) is 1. The van der Waals surface area contributed by atoms with Gasteiger partial charge in [-0.25, -0.2) is 0 Å². The second-order valence-electron chi connectivity index (χ2n) is 6.06. The van der Waals surface area contributed by atoms with E-state index in [9.17, 15) is 0 Å². The quantitative estimate of drug-likeness (QED) is 0.783. The molecule has 3 heteroatoms. The van der Waals surface area contributed by atoms with Gasteiger partial charge < -0.3 is 10.2 Å². The second-order valence-corrected chi connectivity index (χ2v) is 6.06. The zero-order valence-electron chi connectivity index (χ0n) is 11.9. The number of hydrogen-bond acceptors (Lipinski definition) is 3. The average molecular weight is 227 g/mol. The number of piperazine rings is 1. The van der Waals surface area contributed by atoms with Crippen molar-refractivity contribution in [1.82, 2.24) is 15.1 Å². The van der Waals surface area contributed by atoms with E-state index in [1.807, 2.05) is 7.05 Å². The highest BCUT2D eigenvalue weighted by atomic mass is 15.3. The number of nitrogens with zero attached hydrogens (tertiary/aromatic N) is 2. The van der Waals surface area contributed by atoms with E-state index < -0.39 is 0 Å². The van der Waals surface area contributed by atoms with Crippen LogP contribution in [0.15, 0.2) is 0 Å². The fraction of sp³-hybridized carbons (Fsp3) is 1.00. The van der Waals surface area contributed by atoms with Crippen molar-refractivity contribution in [3.63, 3.8) is 0 Å². The van der Waals surface area contributed by atoms with E-state index >= 15 is 0 Å². The highest BCUT2D eigenvalue weighted by Crippen LogP contribution is 2.28. The molecule has 3 nitrogen and oxygen atoms in total. The van der Waals surface area contributed by atoms with Crippen LogP contribution in [0.3, 0.4) is 0 Å². The summed E-state index contributed by atoms with van der Waals surface area (Å²) in [7, 11) is 4.28. The molecule has 0 bridgehead atoms. The van der Waals surface area contributed by atoms with Gasteiger partial charge in [0.25, 0.3) is 0 Å². The molecule has 1 fully saturated rings. The van der Waals surface area contributed by atoms with Crippen molar-refractivity contribution in [2.75, 3.05) is 33.7 Å². The van der Waals surface area contributed by atoms with E-state index in [4.69, 9.17) is 0 Å². The van der Waals surface area contributed by atoms with Gasteiger partial charge in [0.15, 0.2) is 0 Å². The summed E-state index contributed by atoms with van der Waals surface area (Å²) in [6, 6.07) is 1.31. The zero-order valence-corrected chi connectivity index (χ0v) is 11.9. The maximum absolute atomic E-state index is 3.27. The Morgan fingerprint density at radius 3 is 2.50 bits per heavy atom. The first kappa shape index (κ1) is 13.9. The van der Waals surface area contributed by atoms with E-state index in [0.717, 1.165) is 6.54 Å². The van der Waals surface area contributed by atoms with Crippen LogP contribution in [0.5, 0.6) is 0 Å². The van der Waals surface area contributed by atoms with Gasteiger partial charge in [-0.15, -0.1) is 0 Å². The van der Waals surface area contributed by atoms with Crippen LogP contribution in [0.4, 0.5) is 0 Å². The number of hydrogen-bond donors (Lipinski definition) is 1. The Labute approximate surface area is 101 Å². The van der Waals surface area contributed by atoms with Crippen molar-refractivity contribution in [1.29, 1.82) is 0 Å². The summed E-state index contributed by atoms with van der Waals surface area (Å²) >= 11 is 0. The van der Waals surface area contributed by atoms with E-state index in [1.165, 1.54) is 19.5 Å². The molecule has 1 rings (SSSR count). The van der Waals surface area contributed by atoms with Gasteiger partial charge in [0, 0.05) is 30.7 Å². The summed E-state index contributed by atoms with van der Waals surface area (Å²) in [5.41, 5.74) is 0.291. The molecule has 96 valence electrons. The van der Waals surface area contributed by atoms with E-state index in [0.29, 0.717) is 17.6 Å². The minimum Gasteiger partial charge on any atom is -0.320 e. The molecule has 0 radical (unpaired) electrons. The first-order valence-corrected chi connectivity index (χ1v) is 6.50. The molecule has 0 aromatic heterocycles. The maximum Gasteiger partial charge on any atom is 0.0286 e. The summed E-state index contributed by atoms with van der Waals surface area (Å²) in [5.74, 6) is 0. The largest absolute Gasteiger partial charge is 0.320 e. The molecule has 0 aromatic rings. The fourth-order valence-corrected chi connectivity index (χ4v) is 3.41. The molecule has 1 N–H and O–H groups in total. The monoisotopic (exact) mass is 227 g/mol. The molecule has 1 saturated heterocycles. The van der Waals surface area contributed by atoms with E-state index in [1.54, 1.807) is 0 Å². The Morgan fingerprint density at radius 2 is 2.00 bits per heavy atom. The molecule has 0 aliphatic carbocycles. The first-order chi connectivity index (χ1) is 7.38. The van der Waals surface area contributed by atoms with Crippen molar-refractivity contribution in [2.24, 2.45) is 0 Å². The third-order valence-electron chi connectivity index (χ3n) is 3.56. The van der Waals surface area contributed by atoms with Gasteiger partial charge in [0.05, 0.1) is 0 Å². The molecule has 0 saturated carbocycles. The van der Waals surface area contributed by atoms with Gasteiger partial charge in [-0.05, 0) is 54.8 Å². The molecular formula is C13H29N3. The number of rotatable bonds is 4. The van der Waals surface area contributed by atoms with Crippen LogP contribution in [-0.4, -0.2) is 61.2 Å². The van der Waals surface area contributed by atoms with Crippen LogP contribution >= 0.6 is 0 Å². The van der Waals surface area contributed by atoms with Gasteiger partial charge >= 0.3 is 0 Å². The summed E-state index contributed by atoms with van der Waals surface area (Å²) in [5, 5.41) is 3.27. The lowest BCUT2D eigenvalue weighted by Gasteiger charge is -2.53. The van der Waals surface area contributed by atoms with Gasteiger partial charge in [-0.1, -0.05) is 0 Å². The highest BCUT2D eigenvalue weighted by molar-refractivity contribution is 4.96. The smallest absolute Gasteiger partial charge is 0.0286 e. The van der Waals surface area contributed by atoms with Gasteiger partial charge in [0.1, 0.15) is 0 Å². The third-order valence-corrected chi connectivity index (χ3v) is 3.56. The van der Waals surface area contributed by atoms with E-state index in [2.05, 4.69) is 49.9 Å². The third kappa shape index (κ3) is 3.19. The maximum atomic E-state index is 3.27. The Bertz CT molecular complexity index is 213. The lowest BCUT2D eigenvalue weighted by molar-refractivity contribution is -0.0398. The Hall–Kier alpha value is -0.120. The molecule has 0 spiro atoms. The van der Waals surface area contributed by atoms with Gasteiger partial charge in [0.2, 0.25) is 0 Å². The second kappa shape index (κ2) is 5.48. The summed E-state index contributed by atoms with van der Waals surface area (Å²) in [6.45, 7) is 12.9. The molecular weight excluding hydrogens is 198 g/mol. The zero-order chi connectivity index (χ0) is 12.3. The van der Waals surface area contributed by atoms with Crippen molar-refractivity contribution in [3.05, 3.63) is 0 Å². The number of nitrogens with one attached hydrogen (secondary N) is 1. The van der Waals surface area contributed by atoms with Crippen LogP contribution in [0, 0.1) is 0 Å². The summed E-state index contributed by atoms with van der Waals surface area (Å²) < 4.78 is 0. The molecule has 1 atom stereocenters. The molecule has 1 unspecified atom stereocenters. The summed E-state index contributed by atoms with van der Waals surface area (Å²) in [6.07, 6.45) is 1.24. The standard InChI is InChI=1S/C13H29N3/c1-11(2)16-12(7-8-14-5)9-15(6)10-13(16,3)4/h11-12,14H,7-10H2,1-6H3. The SMILES string of the molecule is CNCCC1CN(C)CC(C)(C)N1C(C)C. The lowest BCUT2D eigenvalue weighted by atomic mass is 9.92. The van der Waals surface area contributed by atoms with Crippen LogP contribution in [0.25, 0.3) is 0 Å². The minimum absolute atomic E-state index is 0.291. The van der Waals surface area contributed by atoms with Crippen LogP contribution in [0.2, 0.25) is 0 Å². The van der Waals surface area contributed by atoms with Crippen LogP contribution in [0.1, 0.15) is 34.1 Å². The average Bonchev–Trinajstić information content (AvgIpc) is 2.10.